The zero-order chi connectivity index (χ0) is 33.7. The largest absolute Gasteiger partial charge is 0.278 e. The quantitative estimate of drug-likeness (QED) is 0.186. The van der Waals surface area contributed by atoms with E-state index in [-0.39, 0.29) is 0 Å². The number of fused-ring (bicyclic) bond motifs is 6. The van der Waals surface area contributed by atoms with Gasteiger partial charge in [0.2, 0.25) is 5.95 Å². The molecule has 10 rings (SSSR count). The fourth-order valence-corrected chi connectivity index (χ4v) is 7.50. The van der Waals surface area contributed by atoms with Crippen molar-refractivity contribution in [3.8, 4) is 50.6 Å². The Balaban J connectivity index is 1.15. The molecule has 0 aliphatic heterocycles. The number of nitrogens with zero attached hydrogens (tertiary/aromatic N) is 3. The van der Waals surface area contributed by atoms with Crippen molar-refractivity contribution >= 4 is 43.5 Å². The van der Waals surface area contributed by atoms with E-state index in [1.54, 1.807) is 0 Å². The van der Waals surface area contributed by atoms with Gasteiger partial charge in [0.05, 0.1) is 22.2 Å². The highest BCUT2D eigenvalue weighted by Gasteiger charge is 2.19. The predicted octanol–water partition coefficient (Wildman–Crippen LogP) is 12.5. The molecule has 51 heavy (non-hydrogen) atoms. The average molecular weight is 650 g/mol. The SMILES string of the molecule is c1ccc(-c2ccc(-c3ccc(-c4nc(-n5c6cc(-c7ccccc7)ccc6c6c7ccccc7ccc65)nc5ccccc45)cc3)cc2)cc1. The molecule has 3 heteroatoms. The molecule has 0 aliphatic carbocycles. The van der Waals surface area contributed by atoms with Crippen LogP contribution in [0.3, 0.4) is 0 Å². The van der Waals surface area contributed by atoms with Gasteiger partial charge in [-0.3, -0.25) is 4.57 Å². The molecule has 0 bridgehead atoms. The first kappa shape index (κ1) is 29.1. The highest BCUT2D eigenvalue weighted by atomic mass is 15.2. The first-order valence-corrected chi connectivity index (χ1v) is 17.3. The van der Waals surface area contributed by atoms with E-state index < -0.39 is 0 Å². The van der Waals surface area contributed by atoms with Gasteiger partial charge in [0, 0.05) is 21.7 Å². The van der Waals surface area contributed by atoms with Crippen LogP contribution in [0.4, 0.5) is 0 Å². The van der Waals surface area contributed by atoms with Gasteiger partial charge in [-0.25, -0.2) is 9.97 Å². The standard InChI is InChI=1S/C48H31N3/c1-3-11-32(12-4-1)34-19-21-35(22-20-34)36-23-25-38(26-24-36)47-41-17-9-10-18-43(41)49-48(50-47)51-44-30-28-37-15-7-8-16-40(37)46(44)42-29-27-39(31-45(42)51)33-13-5-2-6-14-33/h1-31H. The lowest BCUT2D eigenvalue weighted by atomic mass is 9.98. The van der Waals surface area contributed by atoms with Crippen molar-refractivity contribution in [1.82, 2.24) is 14.5 Å². The van der Waals surface area contributed by atoms with Crippen molar-refractivity contribution < 1.29 is 0 Å². The summed E-state index contributed by atoms with van der Waals surface area (Å²) in [5, 5.41) is 5.86. The summed E-state index contributed by atoms with van der Waals surface area (Å²) in [5.74, 6) is 0.657. The molecule has 0 N–H and O–H groups in total. The van der Waals surface area contributed by atoms with Gasteiger partial charge in [-0.2, -0.15) is 0 Å². The number of para-hydroxylation sites is 1. The van der Waals surface area contributed by atoms with Crippen molar-refractivity contribution in [3.05, 3.63) is 188 Å². The molecule has 10 aromatic rings. The van der Waals surface area contributed by atoms with E-state index in [9.17, 15) is 0 Å². The Morgan fingerprint density at radius 2 is 0.863 bits per heavy atom. The molecule has 0 saturated carbocycles. The van der Waals surface area contributed by atoms with Crippen molar-refractivity contribution in [2.75, 3.05) is 0 Å². The van der Waals surface area contributed by atoms with Gasteiger partial charge < -0.3 is 0 Å². The van der Waals surface area contributed by atoms with Gasteiger partial charge in [-0.05, 0) is 62.4 Å². The lowest BCUT2D eigenvalue weighted by molar-refractivity contribution is 1.01. The molecule has 0 saturated heterocycles. The maximum atomic E-state index is 5.40. The van der Waals surface area contributed by atoms with Crippen molar-refractivity contribution in [1.29, 1.82) is 0 Å². The van der Waals surface area contributed by atoms with Gasteiger partial charge in [0.1, 0.15) is 0 Å². The van der Waals surface area contributed by atoms with Crippen molar-refractivity contribution in [2.24, 2.45) is 0 Å². The number of rotatable bonds is 5. The summed E-state index contributed by atoms with van der Waals surface area (Å²) < 4.78 is 2.25. The third kappa shape index (κ3) is 4.98. The molecule has 0 amide bonds. The molecule has 8 aromatic carbocycles. The molecule has 2 heterocycles. The Morgan fingerprint density at radius 1 is 0.333 bits per heavy atom. The molecule has 0 unspecified atom stereocenters. The Morgan fingerprint density at radius 3 is 1.55 bits per heavy atom. The topological polar surface area (TPSA) is 30.7 Å². The zero-order valence-corrected chi connectivity index (χ0v) is 27.7. The minimum atomic E-state index is 0.657. The second-order valence-electron chi connectivity index (χ2n) is 13.0. The van der Waals surface area contributed by atoms with Crippen LogP contribution in [0.1, 0.15) is 0 Å². The van der Waals surface area contributed by atoms with Crippen LogP contribution in [0, 0.1) is 0 Å². The summed E-state index contributed by atoms with van der Waals surface area (Å²) in [6, 6.07) is 66.8. The van der Waals surface area contributed by atoms with E-state index in [1.807, 2.05) is 0 Å². The van der Waals surface area contributed by atoms with Gasteiger partial charge in [-0.15, -0.1) is 0 Å². The Bertz CT molecular complexity index is 2870. The second kappa shape index (κ2) is 11.9. The number of hydrogen-bond acceptors (Lipinski definition) is 2. The third-order valence-electron chi connectivity index (χ3n) is 10.0. The van der Waals surface area contributed by atoms with E-state index in [2.05, 4.69) is 193 Å². The van der Waals surface area contributed by atoms with Gasteiger partial charge in [0.15, 0.2) is 0 Å². The van der Waals surface area contributed by atoms with Crippen LogP contribution in [0.25, 0.3) is 94.1 Å². The summed E-state index contributed by atoms with van der Waals surface area (Å²) in [6.07, 6.45) is 0. The summed E-state index contributed by atoms with van der Waals surface area (Å²) in [7, 11) is 0. The fourth-order valence-electron chi connectivity index (χ4n) is 7.50. The van der Waals surface area contributed by atoms with E-state index in [0.717, 1.165) is 38.8 Å². The lowest BCUT2D eigenvalue weighted by Gasteiger charge is -2.13. The third-order valence-corrected chi connectivity index (χ3v) is 10.0. The van der Waals surface area contributed by atoms with E-state index in [0.29, 0.717) is 5.95 Å². The Labute approximate surface area is 295 Å². The lowest BCUT2D eigenvalue weighted by Crippen LogP contribution is -2.03. The van der Waals surface area contributed by atoms with Gasteiger partial charge in [-0.1, -0.05) is 170 Å². The van der Waals surface area contributed by atoms with Crippen LogP contribution < -0.4 is 0 Å². The Hall–Kier alpha value is -6.84. The molecule has 3 nitrogen and oxygen atoms in total. The normalized spacial score (nSPS) is 11.5. The van der Waals surface area contributed by atoms with Crippen LogP contribution in [-0.2, 0) is 0 Å². The monoisotopic (exact) mass is 649 g/mol. The molecule has 0 fully saturated rings. The van der Waals surface area contributed by atoms with Crippen LogP contribution in [0.2, 0.25) is 0 Å². The van der Waals surface area contributed by atoms with Crippen LogP contribution in [0.15, 0.2) is 188 Å². The maximum Gasteiger partial charge on any atom is 0.235 e. The molecule has 0 spiro atoms. The molecule has 0 radical (unpaired) electrons. The predicted molar refractivity (Wildman–Crippen MR) is 213 cm³/mol. The summed E-state index contributed by atoms with van der Waals surface area (Å²) >= 11 is 0. The minimum Gasteiger partial charge on any atom is -0.278 e. The average Bonchev–Trinajstić information content (AvgIpc) is 3.55. The van der Waals surface area contributed by atoms with Crippen molar-refractivity contribution in [3.63, 3.8) is 0 Å². The molecular weight excluding hydrogens is 619 g/mol. The number of aromatic nitrogens is 3. The van der Waals surface area contributed by atoms with Crippen molar-refractivity contribution in [2.45, 2.75) is 0 Å². The maximum absolute atomic E-state index is 5.40. The van der Waals surface area contributed by atoms with Crippen LogP contribution in [0.5, 0.6) is 0 Å². The van der Waals surface area contributed by atoms with E-state index >= 15 is 0 Å². The molecule has 0 atom stereocenters. The van der Waals surface area contributed by atoms with Gasteiger partial charge in [0.25, 0.3) is 0 Å². The smallest absolute Gasteiger partial charge is 0.235 e. The highest BCUT2D eigenvalue weighted by molar-refractivity contribution is 6.21. The molecule has 2 aromatic heterocycles. The molecular formula is C48H31N3. The zero-order valence-electron chi connectivity index (χ0n) is 27.7. The number of hydrogen-bond donors (Lipinski definition) is 0. The molecule has 238 valence electrons. The molecule has 0 aliphatic rings. The fraction of sp³-hybridized carbons (Fsp3) is 0. The highest BCUT2D eigenvalue weighted by Crippen LogP contribution is 2.39. The van der Waals surface area contributed by atoms with Crippen LogP contribution >= 0.6 is 0 Å². The summed E-state index contributed by atoms with van der Waals surface area (Å²) in [5.41, 5.74) is 12.2. The minimum absolute atomic E-state index is 0.657. The van der Waals surface area contributed by atoms with E-state index in [4.69, 9.17) is 9.97 Å². The Kier molecular flexibility index (Phi) is 6.81. The second-order valence-corrected chi connectivity index (χ2v) is 13.0. The first-order chi connectivity index (χ1) is 25.3. The first-order valence-electron chi connectivity index (χ1n) is 17.3. The van der Waals surface area contributed by atoms with E-state index in [1.165, 1.54) is 49.4 Å². The van der Waals surface area contributed by atoms with Gasteiger partial charge >= 0.3 is 0 Å². The number of benzene rings is 8. The summed E-state index contributed by atoms with van der Waals surface area (Å²) in [4.78, 5) is 10.6. The summed E-state index contributed by atoms with van der Waals surface area (Å²) in [6.45, 7) is 0. The van der Waals surface area contributed by atoms with Crippen LogP contribution in [-0.4, -0.2) is 14.5 Å².